The molecule has 0 unspecified atom stereocenters. The van der Waals surface area contributed by atoms with Crippen LogP contribution >= 0.6 is 23.2 Å². The molecule has 0 aliphatic rings. The number of nitrogens with one attached hydrogen (secondary N) is 1. The molecule has 0 aliphatic carbocycles. The van der Waals surface area contributed by atoms with E-state index in [0.29, 0.717) is 22.2 Å². The highest BCUT2D eigenvalue weighted by atomic mass is 35.5. The second-order valence-electron chi connectivity index (χ2n) is 3.79. The van der Waals surface area contributed by atoms with Gasteiger partial charge in [0.15, 0.2) is 0 Å². The van der Waals surface area contributed by atoms with Crippen LogP contribution in [-0.2, 0) is 6.54 Å². The number of hydrogen-bond acceptors (Lipinski definition) is 2. The molecule has 0 spiro atoms. The van der Waals surface area contributed by atoms with Crippen molar-refractivity contribution in [3.05, 3.63) is 63.6 Å². The van der Waals surface area contributed by atoms with Gasteiger partial charge in [-0.1, -0.05) is 35.3 Å². The van der Waals surface area contributed by atoms with Crippen molar-refractivity contribution >= 4 is 28.9 Å². The Hall–Kier alpha value is -1.69. The number of nitriles is 1. The first-order valence-corrected chi connectivity index (χ1v) is 6.12. The van der Waals surface area contributed by atoms with Crippen LogP contribution in [0.5, 0.6) is 0 Å². The summed E-state index contributed by atoms with van der Waals surface area (Å²) in [6.07, 6.45) is 0. The summed E-state index contributed by atoms with van der Waals surface area (Å²) in [4.78, 5) is 0. The Labute approximate surface area is 116 Å². The summed E-state index contributed by atoms with van der Waals surface area (Å²) in [7, 11) is 0. The van der Waals surface area contributed by atoms with Gasteiger partial charge in [-0.2, -0.15) is 5.26 Å². The Bertz CT molecular complexity index is 603. The van der Waals surface area contributed by atoms with E-state index in [1.807, 2.05) is 24.3 Å². The van der Waals surface area contributed by atoms with Gasteiger partial charge in [-0.15, -0.1) is 0 Å². The van der Waals surface area contributed by atoms with Gasteiger partial charge in [-0.25, -0.2) is 0 Å². The molecule has 1 N–H and O–H groups in total. The van der Waals surface area contributed by atoms with E-state index in [1.54, 1.807) is 18.2 Å². The molecule has 2 aromatic carbocycles. The van der Waals surface area contributed by atoms with E-state index in [4.69, 9.17) is 28.5 Å². The highest BCUT2D eigenvalue weighted by molar-refractivity contribution is 6.42. The predicted octanol–water partition coefficient (Wildman–Crippen LogP) is 4.48. The van der Waals surface area contributed by atoms with Gasteiger partial charge in [0.2, 0.25) is 0 Å². The summed E-state index contributed by atoms with van der Waals surface area (Å²) in [5.74, 6) is 0. The zero-order valence-corrected chi connectivity index (χ0v) is 11.0. The molecule has 0 fully saturated rings. The number of hydrogen-bond donors (Lipinski definition) is 1. The third-order valence-corrected chi connectivity index (χ3v) is 3.21. The van der Waals surface area contributed by atoms with Crippen molar-refractivity contribution in [3.63, 3.8) is 0 Å². The Morgan fingerprint density at radius 2 is 1.89 bits per heavy atom. The minimum atomic E-state index is 0.543. The monoisotopic (exact) mass is 276 g/mol. The second kappa shape index (κ2) is 5.77. The molecule has 0 aliphatic heterocycles. The van der Waals surface area contributed by atoms with Gasteiger partial charge in [-0.3, -0.25) is 0 Å². The van der Waals surface area contributed by atoms with Gasteiger partial charge < -0.3 is 5.32 Å². The first kappa shape index (κ1) is 12.8. The lowest BCUT2D eigenvalue weighted by molar-refractivity contribution is 1.15. The van der Waals surface area contributed by atoms with E-state index in [9.17, 15) is 0 Å². The Morgan fingerprint density at radius 3 is 2.61 bits per heavy atom. The van der Waals surface area contributed by atoms with Crippen LogP contribution in [-0.4, -0.2) is 0 Å². The maximum atomic E-state index is 8.80. The highest BCUT2D eigenvalue weighted by Gasteiger charge is 2.00. The average molecular weight is 277 g/mol. The van der Waals surface area contributed by atoms with E-state index in [2.05, 4.69) is 11.4 Å². The summed E-state index contributed by atoms with van der Waals surface area (Å²) in [6.45, 7) is 0.631. The first-order chi connectivity index (χ1) is 8.69. The molecule has 90 valence electrons. The fourth-order valence-electron chi connectivity index (χ4n) is 1.55. The van der Waals surface area contributed by atoms with Gasteiger partial charge in [0.05, 0.1) is 21.7 Å². The fourth-order valence-corrected chi connectivity index (χ4v) is 1.87. The largest absolute Gasteiger partial charge is 0.381 e. The molecule has 0 heterocycles. The van der Waals surface area contributed by atoms with Crippen molar-refractivity contribution in [2.24, 2.45) is 0 Å². The number of halogens is 2. The topological polar surface area (TPSA) is 35.8 Å². The van der Waals surface area contributed by atoms with Crippen LogP contribution in [0, 0.1) is 11.3 Å². The van der Waals surface area contributed by atoms with Crippen LogP contribution in [0.15, 0.2) is 42.5 Å². The Balaban J connectivity index is 2.07. The van der Waals surface area contributed by atoms with Crippen molar-refractivity contribution in [1.82, 2.24) is 0 Å². The van der Waals surface area contributed by atoms with Crippen molar-refractivity contribution < 1.29 is 0 Å². The summed E-state index contributed by atoms with van der Waals surface area (Å²) in [6, 6.07) is 14.9. The molecule has 2 rings (SSSR count). The van der Waals surface area contributed by atoms with Crippen molar-refractivity contribution in [2.75, 3.05) is 5.32 Å². The number of rotatable bonds is 3. The predicted molar refractivity (Wildman–Crippen MR) is 74.9 cm³/mol. The quantitative estimate of drug-likeness (QED) is 0.898. The van der Waals surface area contributed by atoms with Crippen LogP contribution in [0.4, 0.5) is 5.69 Å². The number of nitrogens with zero attached hydrogens (tertiary/aromatic N) is 1. The number of benzene rings is 2. The Morgan fingerprint density at radius 1 is 1.06 bits per heavy atom. The lowest BCUT2D eigenvalue weighted by Crippen LogP contribution is -1.99. The SMILES string of the molecule is N#Cc1cccc(NCc2ccc(Cl)c(Cl)c2)c1. The summed E-state index contributed by atoms with van der Waals surface area (Å²) >= 11 is 11.8. The third-order valence-electron chi connectivity index (χ3n) is 2.47. The standard InChI is InChI=1S/C14H10Cl2N2/c15-13-5-4-11(7-14(13)16)9-18-12-3-1-2-10(6-12)8-17/h1-7,18H,9H2. The molecule has 0 amide bonds. The van der Waals surface area contributed by atoms with Crippen LogP contribution in [0.1, 0.15) is 11.1 Å². The lowest BCUT2D eigenvalue weighted by Gasteiger charge is -2.07. The normalized spacial score (nSPS) is 9.83. The van der Waals surface area contributed by atoms with Crippen molar-refractivity contribution in [3.8, 4) is 6.07 Å². The third kappa shape index (κ3) is 3.16. The molecule has 0 saturated carbocycles. The second-order valence-corrected chi connectivity index (χ2v) is 4.61. The van der Waals surface area contributed by atoms with E-state index in [1.165, 1.54) is 0 Å². The van der Waals surface area contributed by atoms with E-state index < -0.39 is 0 Å². The minimum absolute atomic E-state index is 0.543. The van der Waals surface area contributed by atoms with E-state index in [0.717, 1.165) is 11.3 Å². The van der Waals surface area contributed by atoms with Crippen LogP contribution in [0.2, 0.25) is 10.0 Å². The summed E-state index contributed by atoms with van der Waals surface area (Å²) < 4.78 is 0. The van der Waals surface area contributed by atoms with E-state index in [-0.39, 0.29) is 0 Å². The summed E-state index contributed by atoms with van der Waals surface area (Å²) in [5, 5.41) is 13.1. The number of anilines is 1. The Kier molecular flexibility index (Phi) is 4.09. The minimum Gasteiger partial charge on any atom is -0.381 e. The maximum Gasteiger partial charge on any atom is 0.0992 e. The molecule has 0 saturated heterocycles. The molecular weight excluding hydrogens is 267 g/mol. The summed E-state index contributed by atoms with van der Waals surface area (Å²) in [5.41, 5.74) is 2.57. The van der Waals surface area contributed by atoms with Crippen molar-refractivity contribution in [2.45, 2.75) is 6.54 Å². The fraction of sp³-hybridized carbons (Fsp3) is 0.0714. The lowest BCUT2D eigenvalue weighted by atomic mass is 10.2. The molecule has 0 aromatic heterocycles. The smallest absolute Gasteiger partial charge is 0.0992 e. The zero-order valence-electron chi connectivity index (χ0n) is 9.45. The molecule has 18 heavy (non-hydrogen) atoms. The van der Waals surface area contributed by atoms with E-state index >= 15 is 0 Å². The molecule has 0 atom stereocenters. The molecule has 0 bridgehead atoms. The van der Waals surface area contributed by atoms with Gasteiger partial charge >= 0.3 is 0 Å². The van der Waals surface area contributed by atoms with Gasteiger partial charge in [0.1, 0.15) is 0 Å². The van der Waals surface area contributed by atoms with Crippen LogP contribution in [0.25, 0.3) is 0 Å². The molecule has 2 nitrogen and oxygen atoms in total. The van der Waals surface area contributed by atoms with Gasteiger partial charge in [-0.05, 0) is 35.9 Å². The van der Waals surface area contributed by atoms with Gasteiger partial charge in [0.25, 0.3) is 0 Å². The first-order valence-electron chi connectivity index (χ1n) is 5.37. The van der Waals surface area contributed by atoms with Crippen LogP contribution in [0.3, 0.4) is 0 Å². The zero-order chi connectivity index (χ0) is 13.0. The van der Waals surface area contributed by atoms with Gasteiger partial charge in [0, 0.05) is 12.2 Å². The maximum absolute atomic E-state index is 8.80. The highest BCUT2D eigenvalue weighted by Crippen LogP contribution is 2.23. The molecular formula is C14H10Cl2N2. The average Bonchev–Trinajstić information content (AvgIpc) is 2.40. The van der Waals surface area contributed by atoms with Crippen molar-refractivity contribution in [1.29, 1.82) is 5.26 Å². The molecule has 2 aromatic rings. The molecule has 0 radical (unpaired) electrons. The van der Waals surface area contributed by atoms with Crippen LogP contribution < -0.4 is 5.32 Å². The molecule has 4 heteroatoms.